The molecule has 5 nitrogen and oxygen atoms in total. The van der Waals surface area contributed by atoms with Crippen molar-refractivity contribution in [2.45, 2.75) is 19.4 Å². The average molecular weight is 327 g/mol. The van der Waals surface area contributed by atoms with Crippen LogP contribution < -0.4 is 0 Å². The number of rotatable bonds is 5. The zero-order chi connectivity index (χ0) is 16.5. The molecule has 5 heteroatoms. The van der Waals surface area contributed by atoms with Gasteiger partial charge >= 0.3 is 0 Å². The molecule has 3 atom stereocenters. The topological polar surface area (TPSA) is 49.6 Å². The van der Waals surface area contributed by atoms with Crippen molar-refractivity contribution in [2.75, 3.05) is 32.7 Å². The number of nitro groups is 1. The molecule has 2 aliphatic carbocycles. The van der Waals surface area contributed by atoms with E-state index in [-0.39, 0.29) is 10.6 Å². The van der Waals surface area contributed by atoms with Crippen molar-refractivity contribution < 1.29 is 4.92 Å². The number of benzene rings is 1. The van der Waals surface area contributed by atoms with E-state index < -0.39 is 0 Å². The number of allylic oxidation sites excluding steroid dienone is 2. The third-order valence-corrected chi connectivity index (χ3v) is 5.90. The van der Waals surface area contributed by atoms with Crippen LogP contribution in [0.3, 0.4) is 0 Å². The van der Waals surface area contributed by atoms with Crippen LogP contribution >= 0.6 is 0 Å². The van der Waals surface area contributed by atoms with Crippen LogP contribution in [0.2, 0.25) is 0 Å². The third-order valence-electron chi connectivity index (χ3n) is 5.90. The van der Waals surface area contributed by atoms with E-state index in [2.05, 4.69) is 22.0 Å². The number of piperazine rings is 1. The van der Waals surface area contributed by atoms with Crippen LogP contribution in [0.1, 0.15) is 18.4 Å². The quantitative estimate of drug-likeness (QED) is 0.474. The summed E-state index contributed by atoms with van der Waals surface area (Å²) in [7, 11) is 0. The lowest BCUT2D eigenvalue weighted by atomic mass is 9.93. The van der Waals surface area contributed by atoms with Crippen molar-refractivity contribution in [2.24, 2.45) is 17.8 Å². The van der Waals surface area contributed by atoms with E-state index in [4.69, 9.17) is 0 Å². The van der Waals surface area contributed by atoms with E-state index in [1.165, 1.54) is 19.4 Å². The van der Waals surface area contributed by atoms with Crippen molar-refractivity contribution >= 4 is 5.69 Å². The second kappa shape index (κ2) is 6.65. The van der Waals surface area contributed by atoms with E-state index >= 15 is 0 Å². The van der Waals surface area contributed by atoms with Gasteiger partial charge in [-0.2, -0.15) is 0 Å². The smallest absolute Gasteiger partial charge is 0.269 e. The first-order chi connectivity index (χ1) is 11.7. The second-order valence-electron chi connectivity index (χ2n) is 7.54. The lowest BCUT2D eigenvalue weighted by Crippen LogP contribution is -2.47. The van der Waals surface area contributed by atoms with Gasteiger partial charge in [0.15, 0.2) is 0 Å². The normalized spacial score (nSPS) is 30.1. The van der Waals surface area contributed by atoms with Crippen molar-refractivity contribution in [1.82, 2.24) is 9.80 Å². The fraction of sp³-hybridized carbons (Fsp3) is 0.579. The van der Waals surface area contributed by atoms with E-state index in [9.17, 15) is 10.1 Å². The van der Waals surface area contributed by atoms with Gasteiger partial charge in [-0.1, -0.05) is 24.3 Å². The van der Waals surface area contributed by atoms with Gasteiger partial charge in [-0.05, 0) is 36.2 Å². The third kappa shape index (κ3) is 3.37. The summed E-state index contributed by atoms with van der Waals surface area (Å²) in [6.07, 6.45) is 7.63. The van der Waals surface area contributed by atoms with Crippen LogP contribution in [-0.2, 0) is 6.54 Å². The van der Waals surface area contributed by atoms with Crippen LogP contribution in [0.5, 0.6) is 0 Å². The van der Waals surface area contributed by atoms with Crippen molar-refractivity contribution in [3.05, 3.63) is 52.1 Å². The van der Waals surface area contributed by atoms with E-state index in [0.29, 0.717) is 0 Å². The van der Waals surface area contributed by atoms with Gasteiger partial charge in [-0.25, -0.2) is 0 Å². The van der Waals surface area contributed by atoms with Crippen LogP contribution in [0, 0.1) is 27.9 Å². The average Bonchev–Trinajstić information content (AvgIpc) is 3.20. The summed E-state index contributed by atoms with van der Waals surface area (Å²) in [5, 5.41) is 10.9. The lowest BCUT2D eigenvalue weighted by Gasteiger charge is -2.37. The van der Waals surface area contributed by atoms with Crippen LogP contribution in [0.25, 0.3) is 0 Å². The summed E-state index contributed by atoms with van der Waals surface area (Å²) in [4.78, 5) is 15.6. The maximum atomic E-state index is 10.9. The highest BCUT2D eigenvalue weighted by Gasteiger charge is 2.36. The Kier molecular flexibility index (Phi) is 4.37. The van der Waals surface area contributed by atoms with E-state index in [0.717, 1.165) is 56.0 Å². The molecular formula is C19H25N3O2. The Balaban J connectivity index is 1.26. The predicted molar refractivity (Wildman–Crippen MR) is 93.7 cm³/mol. The first kappa shape index (κ1) is 15.8. The maximum Gasteiger partial charge on any atom is 0.269 e. The summed E-state index contributed by atoms with van der Waals surface area (Å²) in [5.74, 6) is 2.55. The summed E-state index contributed by atoms with van der Waals surface area (Å²) < 4.78 is 0. The highest BCUT2D eigenvalue weighted by atomic mass is 16.6. The van der Waals surface area contributed by atoms with Gasteiger partial charge in [-0.3, -0.25) is 15.0 Å². The second-order valence-corrected chi connectivity index (χ2v) is 7.54. The van der Waals surface area contributed by atoms with Gasteiger partial charge in [0.2, 0.25) is 0 Å². The summed E-state index contributed by atoms with van der Waals surface area (Å²) in [5.41, 5.74) is 1.23. The van der Waals surface area contributed by atoms with E-state index in [1.807, 2.05) is 6.07 Å². The Morgan fingerprint density at radius 1 is 1.08 bits per heavy atom. The minimum atomic E-state index is -0.314. The fourth-order valence-corrected chi connectivity index (χ4v) is 4.59. The number of nitro benzene ring substituents is 1. The molecular weight excluding hydrogens is 302 g/mol. The van der Waals surface area contributed by atoms with Gasteiger partial charge in [0.1, 0.15) is 0 Å². The molecule has 0 radical (unpaired) electrons. The molecule has 1 aromatic carbocycles. The van der Waals surface area contributed by atoms with Gasteiger partial charge in [0, 0.05) is 51.4 Å². The van der Waals surface area contributed by atoms with Crippen LogP contribution in [0.15, 0.2) is 36.4 Å². The Morgan fingerprint density at radius 3 is 2.54 bits per heavy atom. The number of non-ortho nitro benzene ring substituents is 1. The number of hydrogen-bond acceptors (Lipinski definition) is 4. The molecule has 0 unspecified atom stereocenters. The molecule has 1 aliphatic heterocycles. The molecule has 2 fully saturated rings. The zero-order valence-electron chi connectivity index (χ0n) is 14.0. The summed E-state index contributed by atoms with van der Waals surface area (Å²) in [6.45, 7) is 6.40. The molecule has 0 spiro atoms. The summed E-state index contributed by atoms with van der Waals surface area (Å²) in [6, 6.07) is 7.03. The molecule has 0 aromatic heterocycles. The standard InChI is InChI=1S/C19H25N3O2/c23-22(24)19-3-1-2-16(12-19)13-20-6-8-21(9-7-20)14-18-11-15-4-5-17(18)10-15/h1-5,12,15,17-18H,6-11,13-14H2/t15-,17-,18+/m0/s1. The largest absolute Gasteiger partial charge is 0.300 e. The summed E-state index contributed by atoms with van der Waals surface area (Å²) >= 11 is 0. The first-order valence-corrected chi connectivity index (χ1v) is 9.04. The Bertz CT molecular complexity index is 637. The molecule has 128 valence electrons. The van der Waals surface area contributed by atoms with Crippen LogP contribution in [-0.4, -0.2) is 47.4 Å². The number of hydrogen-bond donors (Lipinski definition) is 0. The molecule has 4 rings (SSSR count). The van der Waals surface area contributed by atoms with E-state index in [1.54, 1.807) is 18.2 Å². The van der Waals surface area contributed by atoms with Gasteiger partial charge < -0.3 is 4.90 Å². The SMILES string of the molecule is O=[N+]([O-])c1cccc(CN2CCN(C[C@H]3C[C@H]4C=C[C@H]3C4)CC2)c1. The van der Waals surface area contributed by atoms with Crippen molar-refractivity contribution in [1.29, 1.82) is 0 Å². The maximum absolute atomic E-state index is 10.9. The monoisotopic (exact) mass is 327 g/mol. The molecule has 2 bridgehead atoms. The Morgan fingerprint density at radius 2 is 1.88 bits per heavy atom. The van der Waals surface area contributed by atoms with Gasteiger partial charge in [0.25, 0.3) is 5.69 Å². The molecule has 1 saturated heterocycles. The minimum Gasteiger partial charge on any atom is -0.300 e. The number of fused-ring (bicyclic) bond motifs is 2. The number of nitrogens with zero attached hydrogens (tertiary/aromatic N) is 3. The highest BCUT2D eigenvalue weighted by Crippen LogP contribution is 2.43. The minimum absolute atomic E-state index is 0.190. The zero-order valence-corrected chi connectivity index (χ0v) is 14.0. The van der Waals surface area contributed by atoms with Crippen molar-refractivity contribution in [3.8, 4) is 0 Å². The molecule has 1 saturated carbocycles. The van der Waals surface area contributed by atoms with Gasteiger partial charge in [-0.15, -0.1) is 0 Å². The van der Waals surface area contributed by atoms with Gasteiger partial charge in [0.05, 0.1) is 4.92 Å². The lowest BCUT2D eigenvalue weighted by molar-refractivity contribution is -0.384. The molecule has 0 N–H and O–H groups in total. The molecule has 1 heterocycles. The molecule has 1 aromatic rings. The molecule has 24 heavy (non-hydrogen) atoms. The Labute approximate surface area is 143 Å². The van der Waals surface area contributed by atoms with Crippen molar-refractivity contribution in [3.63, 3.8) is 0 Å². The molecule has 3 aliphatic rings. The van der Waals surface area contributed by atoms with Crippen LogP contribution in [0.4, 0.5) is 5.69 Å². The fourth-order valence-electron chi connectivity index (χ4n) is 4.59. The molecule has 0 amide bonds. The highest BCUT2D eigenvalue weighted by molar-refractivity contribution is 5.34. The first-order valence-electron chi connectivity index (χ1n) is 9.04. The Hall–Kier alpha value is -1.72. The predicted octanol–water partition coefficient (Wildman–Crippen LogP) is 2.92.